The van der Waals surface area contributed by atoms with Gasteiger partial charge in [0.25, 0.3) is 0 Å². The Morgan fingerprint density at radius 1 is 1.25 bits per heavy atom. The molecule has 2 N–H and O–H groups in total. The van der Waals surface area contributed by atoms with E-state index in [-0.39, 0.29) is 18.3 Å². The lowest BCUT2D eigenvalue weighted by molar-refractivity contribution is -0.140. The third kappa shape index (κ3) is 5.84. The molecule has 0 aromatic heterocycles. The van der Waals surface area contributed by atoms with E-state index < -0.39 is 12.0 Å². The Bertz CT molecular complexity index is 813. The second-order valence-electron chi connectivity index (χ2n) is 6.66. The molecule has 0 spiro atoms. The van der Waals surface area contributed by atoms with Crippen LogP contribution < -0.4 is 14.8 Å². The molecule has 7 heteroatoms. The van der Waals surface area contributed by atoms with Crippen LogP contribution in [-0.2, 0) is 17.9 Å². The summed E-state index contributed by atoms with van der Waals surface area (Å²) < 4.78 is 25.2. The third-order valence-corrected chi connectivity index (χ3v) is 4.44. The van der Waals surface area contributed by atoms with Gasteiger partial charge in [-0.2, -0.15) is 0 Å². The number of benzene rings is 2. The summed E-state index contributed by atoms with van der Waals surface area (Å²) in [5.74, 6) is -0.571. The molecule has 0 bridgehead atoms. The first-order valence-corrected chi connectivity index (χ1v) is 9.48. The van der Waals surface area contributed by atoms with Gasteiger partial charge in [-0.25, -0.2) is 4.39 Å². The Morgan fingerprint density at radius 2 is 1.96 bits per heavy atom. The lowest BCUT2D eigenvalue weighted by Crippen LogP contribution is -2.40. The molecule has 2 aromatic rings. The Hall–Kier alpha value is -2.31. The smallest absolute Gasteiger partial charge is 0.320 e. The number of carbonyl (C=O) groups is 1. The molecule has 152 valence electrons. The van der Waals surface area contributed by atoms with Gasteiger partial charge in [0.15, 0.2) is 11.5 Å². The molecule has 0 aliphatic carbocycles. The highest BCUT2D eigenvalue weighted by atomic mass is 35.5. The summed E-state index contributed by atoms with van der Waals surface area (Å²) in [6.45, 7) is 6.22. The molecule has 0 aliphatic heterocycles. The molecule has 5 nitrogen and oxygen atoms in total. The van der Waals surface area contributed by atoms with E-state index in [1.807, 2.05) is 20.8 Å². The van der Waals surface area contributed by atoms with Gasteiger partial charge in [-0.1, -0.05) is 43.6 Å². The van der Waals surface area contributed by atoms with E-state index in [9.17, 15) is 14.3 Å². The average Bonchev–Trinajstić information content (AvgIpc) is 2.62. The third-order valence-electron chi connectivity index (χ3n) is 4.16. The summed E-state index contributed by atoms with van der Waals surface area (Å²) in [6.07, 6.45) is 0. The van der Waals surface area contributed by atoms with Crippen molar-refractivity contribution in [3.8, 4) is 11.5 Å². The molecule has 28 heavy (non-hydrogen) atoms. The van der Waals surface area contributed by atoms with Crippen molar-refractivity contribution in [2.45, 2.75) is 40.0 Å². The van der Waals surface area contributed by atoms with Gasteiger partial charge in [-0.05, 0) is 36.6 Å². The van der Waals surface area contributed by atoms with Crippen LogP contribution >= 0.6 is 11.6 Å². The Kier molecular flexibility index (Phi) is 8.08. The molecule has 0 radical (unpaired) electrons. The van der Waals surface area contributed by atoms with E-state index in [1.54, 1.807) is 30.3 Å². The van der Waals surface area contributed by atoms with Crippen molar-refractivity contribution in [3.63, 3.8) is 0 Å². The van der Waals surface area contributed by atoms with Crippen LogP contribution in [0.4, 0.5) is 4.39 Å². The standard InChI is InChI=1S/C21H25ClFNO4/c1-4-27-18-10-14(11-24-19(13(2)3)21(25)26)9-16(22)20(18)28-12-15-7-5-6-8-17(15)23/h5-10,13,19,24H,4,11-12H2,1-3H3,(H,25,26). The van der Waals surface area contributed by atoms with Crippen molar-refractivity contribution < 1.29 is 23.8 Å². The van der Waals surface area contributed by atoms with Crippen LogP contribution in [0.2, 0.25) is 5.02 Å². The molecule has 2 rings (SSSR count). The van der Waals surface area contributed by atoms with Crippen LogP contribution in [0.25, 0.3) is 0 Å². The van der Waals surface area contributed by atoms with Crippen molar-refractivity contribution in [3.05, 3.63) is 58.4 Å². The minimum Gasteiger partial charge on any atom is -0.490 e. The van der Waals surface area contributed by atoms with Crippen LogP contribution in [0.15, 0.2) is 36.4 Å². The summed E-state index contributed by atoms with van der Waals surface area (Å²) in [4.78, 5) is 11.3. The lowest BCUT2D eigenvalue weighted by Gasteiger charge is -2.19. The maximum atomic E-state index is 13.8. The zero-order chi connectivity index (χ0) is 20.7. The molecule has 1 unspecified atom stereocenters. The number of ether oxygens (including phenoxy) is 2. The molecule has 0 saturated heterocycles. The van der Waals surface area contributed by atoms with Crippen LogP contribution in [0.1, 0.15) is 31.9 Å². The number of aliphatic carboxylic acids is 1. The quantitative estimate of drug-likeness (QED) is 0.597. The zero-order valence-electron chi connectivity index (χ0n) is 16.2. The number of halogens is 2. The molecule has 1 atom stereocenters. The Balaban J connectivity index is 2.18. The maximum Gasteiger partial charge on any atom is 0.320 e. The number of carboxylic acid groups (broad SMARTS) is 1. The second kappa shape index (κ2) is 10.3. The maximum absolute atomic E-state index is 13.8. The van der Waals surface area contributed by atoms with Crippen molar-refractivity contribution in [1.82, 2.24) is 5.32 Å². The van der Waals surface area contributed by atoms with Gasteiger partial charge < -0.3 is 19.9 Å². The summed E-state index contributed by atoms with van der Waals surface area (Å²) in [5, 5.41) is 12.6. The fraction of sp³-hybridized carbons (Fsp3) is 0.381. The van der Waals surface area contributed by atoms with Gasteiger partial charge in [0.1, 0.15) is 18.5 Å². The number of hydrogen-bond donors (Lipinski definition) is 2. The van der Waals surface area contributed by atoms with Crippen molar-refractivity contribution >= 4 is 17.6 Å². The van der Waals surface area contributed by atoms with Gasteiger partial charge >= 0.3 is 5.97 Å². The monoisotopic (exact) mass is 409 g/mol. The zero-order valence-corrected chi connectivity index (χ0v) is 16.9. The first-order chi connectivity index (χ1) is 13.3. The SMILES string of the molecule is CCOc1cc(CNC(C(=O)O)C(C)C)cc(Cl)c1OCc1ccccc1F. The summed E-state index contributed by atoms with van der Waals surface area (Å²) >= 11 is 6.37. The van der Waals surface area contributed by atoms with E-state index in [2.05, 4.69) is 5.32 Å². The summed E-state index contributed by atoms with van der Waals surface area (Å²) in [6, 6.07) is 9.11. The number of rotatable bonds is 10. The molecule has 2 aromatic carbocycles. The highest BCUT2D eigenvalue weighted by molar-refractivity contribution is 6.32. The molecule has 0 saturated carbocycles. The molecular formula is C21H25ClFNO4. The highest BCUT2D eigenvalue weighted by Crippen LogP contribution is 2.37. The van der Waals surface area contributed by atoms with Crippen molar-refractivity contribution in [2.75, 3.05) is 6.61 Å². The molecule has 0 fully saturated rings. The van der Waals surface area contributed by atoms with Gasteiger partial charge in [-0.3, -0.25) is 4.79 Å². The first-order valence-electron chi connectivity index (χ1n) is 9.11. The van der Waals surface area contributed by atoms with Crippen LogP contribution in [0.3, 0.4) is 0 Å². The topological polar surface area (TPSA) is 67.8 Å². The van der Waals surface area contributed by atoms with E-state index in [0.29, 0.717) is 35.2 Å². The molecular weight excluding hydrogens is 385 g/mol. The van der Waals surface area contributed by atoms with Crippen molar-refractivity contribution in [1.29, 1.82) is 0 Å². The number of nitrogens with one attached hydrogen (secondary N) is 1. The number of hydrogen-bond acceptors (Lipinski definition) is 4. The van der Waals surface area contributed by atoms with E-state index in [0.717, 1.165) is 5.56 Å². The normalized spacial score (nSPS) is 12.1. The van der Waals surface area contributed by atoms with Gasteiger partial charge in [0.05, 0.1) is 11.6 Å². The van der Waals surface area contributed by atoms with Gasteiger partial charge in [0, 0.05) is 12.1 Å². The second-order valence-corrected chi connectivity index (χ2v) is 7.07. The van der Waals surface area contributed by atoms with Crippen LogP contribution in [-0.4, -0.2) is 23.7 Å². The van der Waals surface area contributed by atoms with Gasteiger partial charge in [0.2, 0.25) is 0 Å². The van der Waals surface area contributed by atoms with E-state index >= 15 is 0 Å². The molecule has 0 amide bonds. The summed E-state index contributed by atoms with van der Waals surface area (Å²) in [5.41, 5.74) is 1.17. The highest BCUT2D eigenvalue weighted by Gasteiger charge is 2.21. The summed E-state index contributed by atoms with van der Waals surface area (Å²) in [7, 11) is 0. The fourth-order valence-electron chi connectivity index (χ4n) is 2.73. The van der Waals surface area contributed by atoms with E-state index in [1.165, 1.54) is 6.07 Å². The largest absolute Gasteiger partial charge is 0.490 e. The first kappa shape index (κ1) is 22.0. The van der Waals surface area contributed by atoms with Gasteiger partial charge in [-0.15, -0.1) is 0 Å². The van der Waals surface area contributed by atoms with Crippen molar-refractivity contribution in [2.24, 2.45) is 5.92 Å². The lowest BCUT2D eigenvalue weighted by atomic mass is 10.0. The Morgan fingerprint density at radius 3 is 2.57 bits per heavy atom. The molecule has 0 heterocycles. The predicted molar refractivity (Wildman–Crippen MR) is 106 cm³/mol. The van der Waals surface area contributed by atoms with Crippen LogP contribution in [0, 0.1) is 11.7 Å². The number of carboxylic acids is 1. The molecule has 0 aliphatic rings. The predicted octanol–water partition coefficient (Wildman–Crippen LogP) is 4.66. The Labute approximate surface area is 169 Å². The minimum atomic E-state index is -0.907. The van der Waals surface area contributed by atoms with E-state index in [4.69, 9.17) is 21.1 Å². The average molecular weight is 410 g/mol. The fourth-order valence-corrected chi connectivity index (χ4v) is 3.02. The van der Waals surface area contributed by atoms with Crippen LogP contribution in [0.5, 0.6) is 11.5 Å². The minimum absolute atomic E-state index is 0.0124.